The van der Waals surface area contributed by atoms with Crippen molar-refractivity contribution in [3.05, 3.63) is 23.8 Å². The molecular weight excluding hydrogens is 270 g/mol. The van der Waals surface area contributed by atoms with E-state index < -0.39 is 8.32 Å². The van der Waals surface area contributed by atoms with Crippen LogP contribution in [0.3, 0.4) is 0 Å². The van der Waals surface area contributed by atoms with Crippen molar-refractivity contribution in [2.45, 2.75) is 45.8 Å². The molecule has 0 aliphatic heterocycles. The average molecular weight is 295 g/mol. The van der Waals surface area contributed by atoms with E-state index in [1.54, 1.807) is 25.1 Å². The van der Waals surface area contributed by atoms with Crippen LogP contribution in [-0.2, 0) is 4.74 Å². The molecule has 0 atom stereocenters. The fourth-order valence-electron chi connectivity index (χ4n) is 1.39. The molecule has 1 rings (SSSR count). The van der Waals surface area contributed by atoms with Gasteiger partial charge in [-0.25, -0.2) is 4.79 Å². The number of rotatable bonds is 4. The van der Waals surface area contributed by atoms with E-state index in [-0.39, 0.29) is 11.0 Å². The van der Waals surface area contributed by atoms with Crippen molar-refractivity contribution in [2.75, 3.05) is 12.3 Å². The number of benzene rings is 1. The van der Waals surface area contributed by atoms with Gasteiger partial charge in [0.1, 0.15) is 5.75 Å². The first-order valence-electron chi connectivity index (χ1n) is 6.84. The molecule has 0 saturated carbocycles. The summed E-state index contributed by atoms with van der Waals surface area (Å²) < 4.78 is 11.2. The Morgan fingerprint density at radius 1 is 1.30 bits per heavy atom. The molecule has 5 heteroatoms. The normalized spacial score (nSPS) is 12.1. The fraction of sp³-hybridized carbons (Fsp3) is 0.533. The molecule has 0 heterocycles. The van der Waals surface area contributed by atoms with E-state index in [1.807, 2.05) is 0 Å². The van der Waals surface area contributed by atoms with Gasteiger partial charge in [-0.2, -0.15) is 0 Å². The number of anilines is 1. The number of nitrogen functional groups attached to an aromatic ring is 1. The SMILES string of the molecule is CCOC(=O)c1ccc(N)c(O[Si](C)(C)C(C)(C)C)c1. The quantitative estimate of drug-likeness (QED) is 0.521. The predicted octanol–water partition coefficient (Wildman–Crippen LogP) is 3.83. The number of hydrogen-bond donors (Lipinski definition) is 1. The van der Waals surface area contributed by atoms with Crippen molar-refractivity contribution in [2.24, 2.45) is 0 Å². The summed E-state index contributed by atoms with van der Waals surface area (Å²) >= 11 is 0. The van der Waals surface area contributed by atoms with Crippen LogP contribution in [0.2, 0.25) is 18.1 Å². The molecule has 0 saturated heterocycles. The lowest BCUT2D eigenvalue weighted by Crippen LogP contribution is -2.44. The van der Waals surface area contributed by atoms with E-state index in [1.165, 1.54) is 0 Å². The lowest BCUT2D eigenvalue weighted by atomic mass is 10.2. The molecule has 1 aromatic rings. The van der Waals surface area contributed by atoms with Crippen LogP contribution in [0.4, 0.5) is 5.69 Å². The van der Waals surface area contributed by atoms with Gasteiger partial charge in [0.2, 0.25) is 0 Å². The molecule has 20 heavy (non-hydrogen) atoms. The molecule has 1 aromatic carbocycles. The van der Waals surface area contributed by atoms with Gasteiger partial charge in [0.25, 0.3) is 8.32 Å². The van der Waals surface area contributed by atoms with Gasteiger partial charge in [0, 0.05) is 0 Å². The highest BCUT2D eigenvalue weighted by molar-refractivity contribution is 6.74. The van der Waals surface area contributed by atoms with Crippen molar-refractivity contribution >= 4 is 20.0 Å². The molecule has 4 nitrogen and oxygen atoms in total. The van der Waals surface area contributed by atoms with Crippen LogP contribution < -0.4 is 10.2 Å². The Morgan fingerprint density at radius 2 is 1.90 bits per heavy atom. The van der Waals surface area contributed by atoms with Crippen molar-refractivity contribution in [3.8, 4) is 5.75 Å². The molecule has 0 aliphatic rings. The second-order valence-corrected chi connectivity index (χ2v) is 11.1. The minimum absolute atomic E-state index is 0.0688. The monoisotopic (exact) mass is 295 g/mol. The Kier molecular flexibility index (Phi) is 4.86. The minimum Gasteiger partial charge on any atom is -0.542 e. The molecule has 2 N–H and O–H groups in total. The first kappa shape index (κ1) is 16.6. The van der Waals surface area contributed by atoms with Crippen LogP contribution in [0.1, 0.15) is 38.1 Å². The summed E-state index contributed by atoms with van der Waals surface area (Å²) in [7, 11) is -1.99. The number of esters is 1. The Morgan fingerprint density at radius 3 is 2.40 bits per heavy atom. The molecule has 0 amide bonds. The van der Waals surface area contributed by atoms with Gasteiger partial charge in [-0.05, 0) is 43.3 Å². The molecule has 0 aliphatic carbocycles. The summed E-state index contributed by atoms with van der Waals surface area (Å²) in [4.78, 5) is 11.8. The summed E-state index contributed by atoms with van der Waals surface area (Å²) in [5.74, 6) is 0.217. The molecule has 0 spiro atoms. The summed E-state index contributed by atoms with van der Waals surface area (Å²) in [6.45, 7) is 12.9. The standard InChI is InChI=1S/C15H25NO3Si/c1-7-18-14(17)11-8-9-12(16)13(10-11)19-20(5,6)15(2,3)4/h8-10H,7,16H2,1-6H3. The third-order valence-electron chi connectivity index (χ3n) is 3.70. The zero-order valence-corrected chi connectivity index (χ0v) is 14.2. The van der Waals surface area contributed by atoms with Crippen LogP contribution in [0.15, 0.2) is 18.2 Å². The lowest BCUT2D eigenvalue weighted by Gasteiger charge is -2.36. The maximum Gasteiger partial charge on any atom is 0.338 e. The van der Waals surface area contributed by atoms with E-state index in [9.17, 15) is 4.79 Å². The van der Waals surface area contributed by atoms with Crippen molar-refractivity contribution in [1.82, 2.24) is 0 Å². The second-order valence-electron chi connectivity index (χ2n) is 6.34. The highest BCUT2D eigenvalue weighted by atomic mass is 28.4. The van der Waals surface area contributed by atoms with E-state index in [4.69, 9.17) is 14.9 Å². The summed E-state index contributed by atoms with van der Waals surface area (Å²) in [5.41, 5.74) is 6.97. The first-order chi connectivity index (χ1) is 9.08. The highest BCUT2D eigenvalue weighted by Gasteiger charge is 2.39. The third kappa shape index (κ3) is 3.76. The number of hydrogen-bond acceptors (Lipinski definition) is 4. The van der Waals surface area contributed by atoms with Crippen LogP contribution in [0.25, 0.3) is 0 Å². The van der Waals surface area contributed by atoms with Gasteiger partial charge in [-0.1, -0.05) is 20.8 Å². The van der Waals surface area contributed by atoms with E-state index in [2.05, 4.69) is 33.9 Å². The molecular formula is C15H25NO3Si. The van der Waals surface area contributed by atoms with Gasteiger partial charge in [0.05, 0.1) is 17.9 Å². The Labute approximate surface area is 122 Å². The molecule has 0 aromatic heterocycles. The maximum atomic E-state index is 11.8. The van der Waals surface area contributed by atoms with Crippen LogP contribution in [0.5, 0.6) is 5.75 Å². The smallest absolute Gasteiger partial charge is 0.338 e. The molecule has 112 valence electrons. The average Bonchev–Trinajstić information content (AvgIpc) is 2.30. The van der Waals surface area contributed by atoms with Crippen LogP contribution in [-0.4, -0.2) is 20.9 Å². The molecule has 0 radical (unpaired) electrons. The third-order valence-corrected chi connectivity index (χ3v) is 8.04. The summed E-state index contributed by atoms with van der Waals surface area (Å²) in [6.07, 6.45) is 0. The molecule has 0 unspecified atom stereocenters. The summed E-state index contributed by atoms with van der Waals surface area (Å²) in [6, 6.07) is 5.02. The van der Waals surface area contributed by atoms with E-state index in [0.717, 1.165) is 0 Å². The summed E-state index contributed by atoms with van der Waals surface area (Å²) in [5, 5.41) is 0.0688. The van der Waals surface area contributed by atoms with Gasteiger partial charge in [-0.15, -0.1) is 0 Å². The van der Waals surface area contributed by atoms with E-state index >= 15 is 0 Å². The van der Waals surface area contributed by atoms with Crippen LogP contribution in [0, 0.1) is 0 Å². The second kappa shape index (κ2) is 5.87. The minimum atomic E-state index is -1.99. The Balaban J connectivity index is 3.07. The van der Waals surface area contributed by atoms with Gasteiger partial charge < -0.3 is 14.9 Å². The number of carbonyl (C=O) groups is 1. The number of carbonyl (C=O) groups excluding carboxylic acids is 1. The largest absolute Gasteiger partial charge is 0.542 e. The van der Waals surface area contributed by atoms with Crippen LogP contribution >= 0.6 is 0 Å². The van der Waals surface area contributed by atoms with Gasteiger partial charge >= 0.3 is 5.97 Å². The zero-order chi connectivity index (χ0) is 15.6. The Bertz CT molecular complexity index is 492. The molecule has 0 fully saturated rings. The number of nitrogens with two attached hydrogens (primary N) is 1. The van der Waals surface area contributed by atoms with Gasteiger partial charge in [-0.3, -0.25) is 0 Å². The Hall–Kier alpha value is -1.49. The molecule has 0 bridgehead atoms. The topological polar surface area (TPSA) is 61.5 Å². The predicted molar refractivity (Wildman–Crippen MR) is 84.6 cm³/mol. The highest BCUT2D eigenvalue weighted by Crippen LogP contribution is 2.39. The first-order valence-corrected chi connectivity index (χ1v) is 9.75. The number of ether oxygens (including phenoxy) is 1. The zero-order valence-electron chi connectivity index (χ0n) is 13.2. The maximum absolute atomic E-state index is 11.8. The van der Waals surface area contributed by atoms with Gasteiger partial charge in [0.15, 0.2) is 0 Å². The van der Waals surface area contributed by atoms with E-state index in [0.29, 0.717) is 23.6 Å². The van der Waals surface area contributed by atoms with Crippen molar-refractivity contribution < 1.29 is 14.0 Å². The fourth-order valence-corrected chi connectivity index (χ4v) is 2.42. The van der Waals surface area contributed by atoms with Crippen molar-refractivity contribution in [3.63, 3.8) is 0 Å². The van der Waals surface area contributed by atoms with Crippen molar-refractivity contribution in [1.29, 1.82) is 0 Å². The lowest BCUT2D eigenvalue weighted by molar-refractivity contribution is 0.0526.